The first-order chi connectivity index (χ1) is 25.3. The topological polar surface area (TPSA) is 20.8 Å². The second-order valence-electron chi connectivity index (χ2n) is 13.3. The molecule has 0 bridgehead atoms. The maximum Gasteiger partial charge on any atom is 0.137 e. The van der Waals surface area contributed by atoms with Gasteiger partial charge in [0.15, 0.2) is 0 Å². The molecule has 0 saturated heterocycles. The summed E-state index contributed by atoms with van der Waals surface area (Å²) in [4.78, 5) is 2.47. The molecule has 3 heteroatoms. The summed E-state index contributed by atoms with van der Waals surface area (Å²) in [6.45, 7) is 0. The summed E-state index contributed by atoms with van der Waals surface area (Å²) in [6, 6.07) is 65.5. The predicted octanol–water partition coefficient (Wildman–Crippen LogP) is 13.5. The van der Waals surface area contributed by atoms with E-state index >= 15 is 0 Å². The minimum absolute atomic E-state index is 0.869. The van der Waals surface area contributed by atoms with Gasteiger partial charge in [-0.05, 0) is 76.9 Å². The normalized spacial score (nSPS) is 11.9. The van der Waals surface area contributed by atoms with Crippen LogP contribution in [-0.2, 0) is 0 Å². The molecule has 0 spiro atoms. The number of anilines is 3. The summed E-state index contributed by atoms with van der Waals surface area (Å²) >= 11 is 0. The highest BCUT2D eigenvalue weighted by atomic mass is 16.3. The van der Waals surface area contributed by atoms with E-state index in [-0.39, 0.29) is 0 Å². The second-order valence-corrected chi connectivity index (χ2v) is 13.3. The van der Waals surface area contributed by atoms with Gasteiger partial charge in [0.05, 0.1) is 33.3 Å². The van der Waals surface area contributed by atoms with Gasteiger partial charge >= 0.3 is 0 Å². The Morgan fingerprint density at radius 3 is 1.69 bits per heavy atom. The summed E-state index contributed by atoms with van der Waals surface area (Å²) in [7, 11) is 0. The lowest BCUT2D eigenvalue weighted by molar-refractivity contribution is 0.669. The van der Waals surface area contributed by atoms with E-state index < -0.39 is 0 Å². The fourth-order valence-corrected chi connectivity index (χ4v) is 8.33. The molecule has 0 aliphatic heterocycles. The van der Waals surface area contributed by atoms with E-state index in [1.807, 2.05) is 6.07 Å². The number of aromatic nitrogens is 1. The zero-order chi connectivity index (χ0) is 33.5. The van der Waals surface area contributed by atoms with Crippen molar-refractivity contribution in [3.8, 4) is 22.3 Å². The van der Waals surface area contributed by atoms with Crippen molar-refractivity contribution in [1.82, 2.24) is 4.40 Å². The highest BCUT2D eigenvalue weighted by Crippen LogP contribution is 2.49. The Morgan fingerprint density at radius 2 is 0.922 bits per heavy atom. The average molecular weight is 651 g/mol. The molecule has 11 rings (SSSR count). The van der Waals surface area contributed by atoms with Gasteiger partial charge < -0.3 is 13.7 Å². The number of fused-ring (bicyclic) bond motifs is 9. The van der Waals surface area contributed by atoms with Crippen LogP contribution in [0.3, 0.4) is 0 Å². The second kappa shape index (κ2) is 10.8. The van der Waals surface area contributed by atoms with Crippen LogP contribution in [0.25, 0.3) is 82.3 Å². The van der Waals surface area contributed by atoms with Crippen molar-refractivity contribution in [1.29, 1.82) is 0 Å². The van der Waals surface area contributed by atoms with E-state index in [0.29, 0.717) is 0 Å². The third kappa shape index (κ3) is 4.12. The van der Waals surface area contributed by atoms with Crippen LogP contribution in [0.2, 0.25) is 0 Å². The molecule has 238 valence electrons. The maximum absolute atomic E-state index is 6.50. The third-order valence-corrected chi connectivity index (χ3v) is 10.5. The molecule has 8 aromatic carbocycles. The van der Waals surface area contributed by atoms with E-state index in [1.54, 1.807) is 0 Å². The lowest BCUT2D eigenvalue weighted by Gasteiger charge is -2.28. The SMILES string of the molecule is c1ccc(-c2cc(-c3ccccc3)cc(N(c3cccc4oc5ccccc5c34)c3cccc4c3c3cccc5c6ccccc6n4c53)c2)cc1. The van der Waals surface area contributed by atoms with Gasteiger partial charge in [0.1, 0.15) is 11.2 Å². The minimum Gasteiger partial charge on any atom is -0.456 e. The molecular weight excluding hydrogens is 621 g/mol. The standard InChI is InChI=1S/C48H30N2O/c1-3-14-31(15-4-1)33-28-34(32-16-5-2-6-17-32)30-35(29-33)49(43-25-13-27-45-47(43)38-19-8-10-26-44(38)51-45)41-23-12-24-42-46(41)39-21-11-20-37-36-18-7-9-22-40(36)50(42)48(37)39/h1-30H. The van der Waals surface area contributed by atoms with Crippen LogP contribution in [0.15, 0.2) is 186 Å². The zero-order valence-electron chi connectivity index (χ0n) is 27.6. The first kappa shape index (κ1) is 28.0. The van der Waals surface area contributed by atoms with Gasteiger partial charge in [0.25, 0.3) is 0 Å². The van der Waals surface area contributed by atoms with Crippen molar-refractivity contribution in [2.45, 2.75) is 0 Å². The largest absolute Gasteiger partial charge is 0.456 e. The summed E-state index contributed by atoms with van der Waals surface area (Å²) < 4.78 is 8.96. The number of para-hydroxylation sites is 3. The third-order valence-electron chi connectivity index (χ3n) is 10.5. The van der Waals surface area contributed by atoms with Crippen molar-refractivity contribution in [3.63, 3.8) is 0 Å². The molecule has 0 radical (unpaired) electrons. The number of hydrogen-bond acceptors (Lipinski definition) is 2. The lowest BCUT2D eigenvalue weighted by Crippen LogP contribution is -2.11. The predicted molar refractivity (Wildman–Crippen MR) is 214 cm³/mol. The van der Waals surface area contributed by atoms with Gasteiger partial charge in [-0.3, -0.25) is 0 Å². The molecular formula is C48H30N2O. The summed E-state index contributed by atoms with van der Waals surface area (Å²) in [5.41, 5.74) is 13.4. The number of nitrogens with zero attached hydrogens (tertiary/aromatic N) is 2. The van der Waals surface area contributed by atoms with Gasteiger partial charge in [0.2, 0.25) is 0 Å². The highest BCUT2D eigenvalue weighted by Gasteiger charge is 2.25. The Balaban J connectivity index is 1.30. The van der Waals surface area contributed by atoms with E-state index in [2.05, 4.69) is 185 Å². The van der Waals surface area contributed by atoms with Crippen LogP contribution in [0, 0.1) is 0 Å². The van der Waals surface area contributed by atoms with Crippen LogP contribution in [-0.4, -0.2) is 4.40 Å². The van der Waals surface area contributed by atoms with Crippen LogP contribution in [0.4, 0.5) is 17.1 Å². The van der Waals surface area contributed by atoms with Gasteiger partial charge in [0, 0.05) is 32.6 Å². The number of furan rings is 1. The minimum atomic E-state index is 0.869. The van der Waals surface area contributed by atoms with Crippen LogP contribution >= 0.6 is 0 Å². The molecule has 11 aromatic rings. The van der Waals surface area contributed by atoms with Gasteiger partial charge in [-0.1, -0.05) is 127 Å². The Morgan fingerprint density at radius 1 is 0.373 bits per heavy atom. The molecule has 51 heavy (non-hydrogen) atoms. The van der Waals surface area contributed by atoms with Crippen molar-refractivity contribution < 1.29 is 4.42 Å². The Hall–Kier alpha value is -6.84. The fraction of sp³-hybridized carbons (Fsp3) is 0. The molecule has 0 aliphatic rings. The van der Waals surface area contributed by atoms with E-state index in [9.17, 15) is 0 Å². The van der Waals surface area contributed by atoms with Crippen molar-refractivity contribution in [2.24, 2.45) is 0 Å². The molecule has 3 nitrogen and oxygen atoms in total. The summed E-state index contributed by atoms with van der Waals surface area (Å²) in [6.07, 6.45) is 0. The van der Waals surface area contributed by atoms with Gasteiger partial charge in [-0.2, -0.15) is 0 Å². The number of hydrogen-bond donors (Lipinski definition) is 0. The number of rotatable bonds is 5. The molecule has 0 amide bonds. The molecule has 0 atom stereocenters. The van der Waals surface area contributed by atoms with Crippen molar-refractivity contribution in [3.05, 3.63) is 182 Å². The molecule has 0 N–H and O–H groups in total. The molecule has 0 fully saturated rings. The molecule has 3 heterocycles. The Labute approximate surface area is 294 Å². The highest BCUT2D eigenvalue weighted by molar-refractivity contribution is 6.27. The quantitative estimate of drug-likeness (QED) is 0.185. The van der Waals surface area contributed by atoms with Crippen molar-refractivity contribution >= 4 is 77.1 Å². The fourth-order valence-electron chi connectivity index (χ4n) is 8.33. The summed E-state index contributed by atoms with van der Waals surface area (Å²) in [5.74, 6) is 0. The first-order valence-electron chi connectivity index (χ1n) is 17.4. The Kier molecular flexibility index (Phi) is 5.96. The van der Waals surface area contributed by atoms with E-state index in [4.69, 9.17) is 4.42 Å². The molecule has 0 saturated carbocycles. The first-order valence-corrected chi connectivity index (χ1v) is 17.4. The zero-order valence-corrected chi connectivity index (χ0v) is 27.6. The van der Waals surface area contributed by atoms with Crippen LogP contribution < -0.4 is 4.90 Å². The smallest absolute Gasteiger partial charge is 0.137 e. The summed E-state index contributed by atoms with van der Waals surface area (Å²) in [5, 5.41) is 7.21. The Bertz CT molecular complexity index is 3020. The molecule has 0 unspecified atom stereocenters. The molecule has 3 aromatic heterocycles. The molecule has 0 aliphatic carbocycles. The van der Waals surface area contributed by atoms with E-state index in [1.165, 1.54) is 49.2 Å². The monoisotopic (exact) mass is 650 g/mol. The lowest BCUT2D eigenvalue weighted by atomic mass is 9.96. The van der Waals surface area contributed by atoms with Crippen molar-refractivity contribution in [2.75, 3.05) is 4.90 Å². The van der Waals surface area contributed by atoms with Crippen LogP contribution in [0.1, 0.15) is 0 Å². The van der Waals surface area contributed by atoms with Gasteiger partial charge in [-0.25, -0.2) is 0 Å². The van der Waals surface area contributed by atoms with E-state index in [0.717, 1.165) is 50.1 Å². The maximum atomic E-state index is 6.50. The van der Waals surface area contributed by atoms with Gasteiger partial charge in [-0.15, -0.1) is 0 Å². The van der Waals surface area contributed by atoms with Crippen LogP contribution in [0.5, 0.6) is 0 Å². The number of benzene rings is 8. The average Bonchev–Trinajstić information content (AvgIpc) is 3.87.